The largest absolute Gasteiger partial charge is 0.480 e. The predicted molar refractivity (Wildman–Crippen MR) is 79.1 cm³/mol. The molecule has 2 rings (SSSR count). The summed E-state index contributed by atoms with van der Waals surface area (Å²) in [5, 5.41) is 19.3. The smallest absolute Gasteiger partial charge is 0.332 e. The summed E-state index contributed by atoms with van der Waals surface area (Å²) in [6.45, 7) is 3.62. The topological polar surface area (TPSA) is 74.6 Å². The van der Waals surface area contributed by atoms with Gasteiger partial charge in [-0.3, -0.25) is 4.79 Å². The van der Waals surface area contributed by atoms with Gasteiger partial charge in [0.2, 0.25) is 0 Å². The Labute approximate surface area is 124 Å². The van der Waals surface area contributed by atoms with Gasteiger partial charge in [0.05, 0.1) is 5.57 Å². The van der Waals surface area contributed by atoms with Crippen LogP contribution in [0.5, 0.6) is 0 Å². The second kappa shape index (κ2) is 6.12. The fourth-order valence-electron chi connectivity index (χ4n) is 3.49. The Morgan fingerprint density at radius 2 is 1.62 bits per heavy atom. The van der Waals surface area contributed by atoms with Crippen molar-refractivity contribution in [2.24, 2.45) is 5.92 Å². The molecule has 21 heavy (non-hydrogen) atoms. The van der Waals surface area contributed by atoms with Gasteiger partial charge in [0, 0.05) is 0 Å². The number of rotatable bonds is 5. The Morgan fingerprint density at radius 3 is 2.10 bits per heavy atom. The zero-order valence-corrected chi connectivity index (χ0v) is 11.9. The summed E-state index contributed by atoms with van der Waals surface area (Å²) in [5.74, 6) is -2.59. The van der Waals surface area contributed by atoms with E-state index in [-0.39, 0.29) is 11.5 Å². The predicted octanol–water partition coefficient (Wildman–Crippen LogP) is 3.23. The maximum absolute atomic E-state index is 12.1. The standard InChI is InChI=1S/C17H20O4/c1-12(15(18)19)17(16(20)21,13-8-4-2-5-9-13)14-10-6-3-7-11-14/h2,4-5,8-9,14H,1,3,6-7,10-11H2,(H,18,19)(H,20,21). The van der Waals surface area contributed by atoms with Crippen LogP contribution in [-0.2, 0) is 15.0 Å². The number of benzene rings is 1. The molecule has 1 saturated carbocycles. The Morgan fingerprint density at radius 1 is 1.05 bits per heavy atom. The maximum atomic E-state index is 12.1. The van der Waals surface area contributed by atoms with Crippen molar-refractivity contribution in [3.63, 3.8) is 0 Å². The highest BCUT2D eigenvalue weighted by molar-refractivity contribution is 6.00. The fraction of sp³-hybridized carbons (Fsp3) is 0.412. The lowest BCUT2D eigenvalue weighted by molar-refractivity contribution is -0.148. The van der Waals surface area contributed by atoms with Crippen LogP contribution >= 0.6 is 0 Å². The van der Waals surface area contributed by atoms with Crippen molar-refractivity contribution in [2.45, 2.75) is 37.5 Å². The van der Waals surface area contributed by atoms with Gasteiger partial charge in [0.25, 0.3) is 0 Å². The SMILES string of the molecule is C=C(C(=O)O)C(C(=O)O)(c1ccccc1)C1CCCCC1. The molecule has 0 bridgehead atoms. The summed E-state index contributed by atoms with van der Waals surface area (Å²) < 4.78 is 0. The first-order valence-electron chi connectivity index (χ1n) is 7.22. The van der Waals surface area contributed by atoms with E-state index in [2.05, 4.69) is 6.58 Å². The third-order valence-corrected chi connectivity index (χ3v) is 4.52. The summed E-state index contributed by atoms with van der Waals surface area (Å²) in [6, 6.07) is 8.66. The van der Waals surface area contributed by atoms with Gasteiger partial charge in [-0.15, -0.1) is 0 Å². The van der Waals surface area contributed by atoms with Crippen molar-refractivity contribution in [1.82, 2.24) is 0 Å². The van der Waals surface area contributed by atoms with Crippen LogP contribution in [0.15, 0.2) is 42.5 Å². The third kappa shape index (κ3) is 2.58. The molecule has 1 aliphatic carbocycles. The molecule has 1 atom stereocenters. The van der Waals surface area contributed by atoms with E-state index in [1.54, 1.807) is 30.3 Å². The van der Waals surface area contributed by atoms with E-state index < -0.39 is 17.4 Å². The zero-order valence-electron chi connectivity index (χ0n) is 11.9. The first kappa shape index (κ1) is 15.3. The van der Waals surface area contributed by atoms with Crippen molar-refractivity contribution < 1.29 is 19.8 Å². The summed E-state index contributed by atoms with van der Waals surface area (Å²) in [7, 11) is 0. The molecule has 1 aliphatic rings. The first-order chi connectivity index (χ1) is 10.0. The quantitative estimate of drug-likeness (QED) is 0.816. The van der Waals surface area contributed by atoms with Gasteiger partial charge in [-0.2, -0.15) is 0 Å². The molecule has 2 N–H and O–H groups in total. The van der Waals surface area contributed by atoms with Crippen molar-refractivity contribution in [3.8, 4) is 0 Å². The second-order valence-corrected chi connectivity index (χ2v) is 5.60. The van der Waals surface area contributed by atoms with Crippen molar-refractivity contribution in [2.75, 3.05) is 0 Å². The van der Waals surface area contributed by atoms with Gasteiger partial charge in [0.15, 0.2) is 0 Å². The van der Waals surface area contributed by atoms with E-state index in [0.29, 0.717) is 18.4 Å². The van der Waals surface area contributed by atoms with Crippen molar-refractivity contribution in [1.29, 1.82) is 0 Å². The van der Waals surface area contributed by atoms with Crippen LogP contribution < -0.4 is 0 Å². The lowest BCUT2D eigenvalue weighted by Crippen LogP contribution is -2.47. The highest BCUT2D eigenvalue weighted by atomic mass is 16.4. The lowest BCUT2D eigenvalue weighted by Gasteiger charge is -2.40. The van der Waals surface area contributed by atoms with E-state index in [9.17, 15) is 19.8 Å². The summed E-state index contributed by atoms with van der Waals surface area (Å²) in [4.78, 5) is 23.6. The van der Waals surface area contributed by atoms with Crippen LogP contribution in [0.25, 0.3) is 0 Å². The number of carbonyl (C=O) groups is 2. The van der Waals surface area contributed by atoms with Crippen molar-refractivity contribution >= 4 is 11.9 Å². The molecule has 0 heterocycles. The number of carboxylic acids is 2. The second-order valence-electron chi connectivity index (χ2n) is 5.60. The van der Waals surface area contributed by atoms with E-state index in [0.717, 1.165) is 19.3 Å². The van der Waals surface area contributed by atoms with Crippen LogP contribution in [0.1, 0.15) is 37.7 Å². The molecular formula is C17H20O4. The number of aliphatic carboxylic acids is 2. The lowest BCUT2D eigenvalue weighted by atomic mass is 9.61. The Bertz CT molecular complexity index is 543. The Kier molecular flexibility index (Phi) is 4.46. The molecule has 1 unspecified atom stereocenters. The minimum Gasteiger partial charge on any atom is -0.480 e. The Balaban J connectivity index is 2.62. The normalized spacial score (nSPS) is 18.7. The van der Waals surface area contributed by atoms with Crippen LogP contribution in [0.3, 0.4) is 0 Å². The molecule has 1 aromatic carbocycles. The van der Waals surface area contributed by atoms with Crippen LogP contribution in [-0.4, -0.2) is 22.2 Å². The fourth-order valence-corrected chi connectivity index (χ4v) is 3.49. The van der Waals surface area contributed by atoms with E-state index in [1.807, 2.05) is 0 Å². The monoisotopic (exact) mass is 288 g/mol. The minimum absolute atomic E-state index is 0.227. The number of hydrogen-bond acceptors (Lipinski definition) is 2. The van der Waals surface area contributed by atoms with Crippen molar-refractivity contribution in [3.05, 3.63) is 48.0 Å². The Hall–Kier alpha value is -2.10. The molecule has 1 aromatic rings. The van der Waals surface area contributed by atoms with E-state index in [4.69, 9.17) is 0 Å². The van der Waals surface area contributed by atoms with E-state index in [1.165, 1.54) is 0 Å². The summed E-state index contributed by atoms with van der Waals surface area (Å²) in [6.07, 6.45) is 4.36. The van der Waals surface area contributed by atoms with E-state index >= 15 is 0 Å². The van der Waals surface area contributed by atoms with Gasteiger partial charge in [-0.05, 0) is 24.3 Å². The maximum Gasteiger partial charge on any atom is 0.332 e. The summed E-state index contributed by atoms with van der Waals surface area (Å²) >= 11 is 0. The first-order valence-corrected chi connectivity index (χ1v) is 7.22. The molecule has 0 aromatic heterocycles. The van der Waals surface area contributed by atoms with Gasteiger partial charge >= 0.3 is 11.9 Å². The molecule has 0 spiro atoms. The molecule has 0 amide bonds. The molecule has 0 saturated heterocycles. The van der Waals surface area contributed by atoms with Gasteiger partial charge in [0.1, 0.15) is 5.41 Å². The van der Waals surface area contributed by atoms with Gasteiger partial charge in [-0.25, -0.2) is 4.79 Å². The van der Waals surface area contributed by atoms with Crippen LogP contribution in [0.2, 0.25) is 0 Å². The molecule has 1 fully saturated rings. The van der Waals surface area contributed by atoms with Gasteiger partial charge < -0.3 is 10.2 Å². The highest BCUT2D eigenvalue weighted by Gasteiger charge is 2.51. The minimum atomic E-state index is -1.53. The molecule has 4 nitrogen and oxygen atoms in total. The average Bonchev–Trinajstić information content (AvgIpc) is 2.49. The molecule has 0 radical (unpaired) electrons. The molecule has 4 heteroatoms. The average molecular weight is 288 g/mol. The third-order valence-electron chi connectivity index (χ3n) is 4.52. The highest BCUT2D eigenvalue weighted by Crippen LogP contribution is 2.46. The molecular weight excluding hydrogens is 268 g/mol. The van der Waals surface area contributed by atoms with Crippen LogP contribution in [0, 0.1) is 5.92 Å². The summed E-state index contributed by atoms with van der Waals surface area (Å²) in [5.41, 5.74) is -1.27. The number of hydrogen-bond donors (Lipinski definition) is 2. The van der Waals surface area contributed by atoms with Gasteiger partial charge in [-0.1, -0.05) is 56.2 Å². The van der Waals surface area contributed by atoms with Crippen LogP contribution in [0.4, 0.5) is 0 Å². The zero-order chi connectivity index (χ0) is 15.5. The number of carboxylic acid groups (broad SMARTS) is 2. The molecule has 112 valence electrons. The molecule has 0 aliphatic heterocycles.